The Hall–Kier alpha value is -1.87. The highest BCUT2D eigenvalue weighted by molar-refractivity contribution is 5.84. The molecule has 0 unspecified atom stereocenters. The maximum Gasteiger partial charge on any atom is 0.190 e. The van der Waals surface area contributed by atoms with Gasteiger partial charge in [0, 0.05) is 19.5 Å². The van der Waals surface area contributed by atoms with E-state index in [9.17, 15) is 0 Å². The van der Waals surface area contributed by atoms with Crippen LogP contribution in [0.25, 0.3) is 0 Å². The number of rotatable bonds is 2. The van der Waals surface area contributed by atoms with E-state index in [2.05, 4.69) is 19.9 Å². The van der Waals surface area contributed by atoms with Crippen molar-refractivity contribution < 1.29 is 4.74 Å². The Morgan fingerprint density at radius 2 is 2.41 bits per heavy atom. The van der Waals surface area contributed by atoms with Gasteiger partial charge in [0.25, 0.3) is 0 Å². The highest BCUT2D eigenvalue weighted by Gasteiger charge is 2.15. The molecule has 0 aliphatic carbocycles. The first kappa shape index (κ1) is 11.6. The fraction of sp³-hybridized carbons (Fsp3) is 0.545. The number of aromatic nitrogens is 2. The fourth-order valence-corrected chi connectivity index (χ4v) is 1.77. The van der Waals surface area contributed by atoms with E-state index in [1.807, 2.05) is 13.0 Å². The van der Waals surface area contributed by atoms with E-state index in [0.717, 1.165) is 38.6 Å². The van der Waals surface area contributed by atoms with Crippen molar-refractivity contribution in [3.63, 3.8) is 0 Å². The molecule has 17 heavy (non-hydrogen) atoms. The first-order chi connectivity index (χ1) is 8.35. The molecule has 0 amide bonds. The van der Waals surface area contributed by atoms with E-state index in [4.69, 9.17) is 10.00 Å². The molecule has 0 saturated carbocycles. The lowest BCUT2D eigenvalue weighted by Gasteiger charge is -2.29. The lowest BCUT2D eigenvalue weighted by molar-refractivity contribution is 0.0673. The van der Waals surface area contributed by atoms with Crippen LogP contribution in [0.2, 0.25) is 0 Å². The minimum Gasteiger partial charge on any atom is -0.378 e. The predicted molar refractivity (Wildman–Crippen MR) is 63.1 cm³/mol. The summed E-state index contributed by atoms with van der Waals surface area (Å²) in [6, 6.07) is 2.04. The summed E-state index contributed by atoms with van der Waals surface area (Å²) in [6.45, 7) is 5.19. The van der Waals surface area contributed by atoms with Crippen LogP contribution < -0.4 is 0 Å². The molecule has 0 atom stereocenters. The summed E-state index contributed by atoms with van der Waals surface area (Å²) in [5.41, 5.74) is 0.407. The maximum absolute atomic E-state index is 8.88. The smallest absolute Gasteiger partial charge is 0.190 e. The number of nitrogens with zero attached hydrogens (tertiary/aromatic N) is 4. The largest absolute Gasteiger partial charge is 0.378 e. The van der Waals surface area contributed by atoms with Crippen LogP contribution in [0.5, 0.6) is 0 Å². The summed E-state index contributed by atoms with van der Waals surface area (Å²) in [7, 11) is 0. The molecule has 0 radical (unpaired) electrons. The summed E-state index contributed by atoms with van der Waals surface area (Å²) in [5.74, 6) is 1.42. The average molecular weight is 233 g/mol. The van der Waals surface area contributed by atoms with Gasteiger partial charge in [0.1, 0.15) is 11.9 Å². The van der Waals surface area contributed by atoms with Gasteiger partial charge in [-0.2, -0.15) is 5.26 Å². The Bertz CT molecular complexity index is 439. The van der Waals surface area contributed by atoms with Crippen LogP contribution in [0, 0.1) is 11.3 Å². The third-order valence-corrected chi connectivity index (χ3v) is 2.66. The van der Waals surface area contributed by atoms with E-state index < -0.39 is 0 Å². The van der Waals surface area contributed by atoms with Gasteiger partial charge in [-0.3, -0.25) is 0 Å². The van der Waals surface area contributed by atoms with Crippen molar-refractivity contribution in [3.05, 3.63) is 12.0 Å². The van der Waals surface area contributed by atoms with Crippen molar-refractivity contribution in [1.82, 2.24) is 14.9 Å². The molecule has 0 spiro atoms. The molecule has 1 aromatic rings. The van der Waals surface area contributed by atoms with E-state index in [0.29, 0.717) is 11.5 Å². The molecule has 1 fully saturated rings. The topological polar surface area (TPSA) is 77.3 Å². The second kappa shape index (κ2) is 5.46. The molecule has 2 rings (SSSR count). The molecular weight excluding hydrogens is 218 g/mol. The van der Waals surface area contributed by atoms with Crippen molar-refractivity contribution in [2.45, 2.75) is 13.3 Å². The maximum atomic E-state index is 8.88. The molecule has 1 aliphatic rings. The predicted octanol–water partition coefficient (Wildman–Crippen LogP) is 1.05. The van der Waals surface area contributed by atoms with Crippen molar-refractivity contribution in [3.8, 4) is 6.07 Å². The summed E-state index contributed by atoms with van der Waals surface area (Å²) in [6.07, 6.45) is 2.31. The number of hydrogen-bond acceptors (Lipinski definition) is 4. The molecule has 0 aromatic carbocycles. The van der Waals surface area contributed by atoms with Crippen molar-refractivity contribution in [2.24, 2.45) is 4.99 Å². The number of H-pyrrole nitrogens is 1. The Morgan fingerprint density at radius 3 is 3.06 bits per heavy atom. The molecule has 1 N–H and O–H groups in total. The van der Waals surface area contributed by atoms with Crippen LogP contribution in [-0.4, -0.2) is 47.0 Å². The van der Waals surface area contributed by atoms with Gasteiger partial charge in [0.05, 0.1) is 19.5 Å². The Morgan fingerprint density at radius 1 is 1.65 bits per heavy atom. The van der Waals surface area contributed by atoms with E-state index in [1.165, 1.54) is 6.33 Å². The van der Waals surface area contributed by atoms with Crippen LogP contribution in [-0.2, 0) is 4.74 Å². The molecular formula is C11H15N5O. The third kappa shape index (κ3) is 2.63. The zero-order chi connectivity index (χ0) is 12.1. The first-order valence-electron chi connectivity index (χ1n) is 5.69. The van der Waals surface area contributed by atoms with Gasteiger partial charge in [-0.1, -0.05) is 6.92 Å². The number of aromatic amines is 1. The van der Waals surface area contributed by atoms with Gasteiger partial charge >= 0.3 is 0 Å². The number of hydrogen-bond donors (Lipinski definition) is 1. The van der Waals surface area contributed by atoms with Gasteiger partial charge in [-0.15, -0.1) is 0 Å². The molecule has 6 nitrogen and oxygen atoms in total. The lowest BCUT2D eigenvalue weighted by Crippen LogP contribution is -2.40. The summed E-state index contributed by atoms with van der Waals surface area (Å²) >= 11 is 0. The molecule has 1 saturated heterocycles. The fourth-order valence-electron chi connectivity index (χ4n) is 1.77. The highest BCUT2D eigenvalue weighted by Crippen LogP contribution is 2.14. The number of nitriles is 1. The molecule has 0 bridgehead atoms. The average Bonchev–Trinajstić information content (AvgIpc) is 2.84. The van der Waals surface area contributed by atoms with E-state index >= 15 is 0 Å². The van der Waals surface area contributed by atoms with Crippen LogP contribution in [0.15, 0.2) is 11.3 Å². The normalized spacial score (nSPS) is 16.9. The van der Waals surface area contributed by atoms with Gasteiger partial charge in [-0.05, 0) is 0 Å². The zero-order valence-corrected chi connectivity index (χ0v) is 9.81. The molecule has 90 valence electrons. The second-order valence-corrected chi connectivity index (χ2v) is 3.69. The monoisotopic (exact) mass is 233 g/mol. The zero-order valence-electron chi connectivity index (χ0n) is 9.81. The summed E-state index contributed by atoms with van der Waals surface area (Å²) in [4.78, 5) is 13.4. The molecule has 6 heteroatoms. The van der Waals surface area contributed by atoms with Crippen LogP contribution in [0.4, 0.5) is 5.82 Å². The number of imidazole rings is 1. The third-order valence-electron chi connectivity index (χ3n) is 2.66. The SMILES string of the molecule is CC/C(=N\c1nc[nH]c1C#N)N1CCOCC1. The number of morpholine rings is 1. The van der Waals surface area contributed by atoms with Gasteiger partial charge < -0.3 is 14.6 Å². The molecule has 2 heterocycles. The number of amidine groups is 1. The second-order valence-electron chi connectivity index (χ2n) is 3.69. The standard InChI is InChI=1S/C11H15N5O/c1-2-10(16-3-5-17-6-4-16)15-11-9(7-12)13-8-14-11/h8H,2-6H2,1H3,(H,13,14)/b15-10+. The van der Waals surface area contributed by atoms with Crippen molar-refractivity contribution >= 4 is 11.7 Å². The Labute approximate surface area is 99.9 Å². The highest BCUT2D eigenvalue weighted by atomic mass is 16.5. The Balaban J connectivity index is 2.20. The van der Waals surface area contributed by atoms with E-state index in [1.54, 1.807) is 0 Å². The quantitative estimate of drug-likeness (QED) is 0.612. The number of nitrogens with one attached hydrogen (secondary N) is 1. The van der Waals surface area contributed by atoms with Gasteiger partial charge in [0.15, 0.2) is 11.5 Å². The number of aliphatic imine (C=N–C) groups is 1. The lowest BCUT2D eigenvalue weighted by atomic mass is 10.3. The molecule has 1 aliphatic heterocycles. The molecule has 1 aromatic heterocycles. The minimum atomic E-state index is 0.407. The Kier molecular flexibility index (Phi) is 3.73. The minimum absolute atomic E-state index is 0.407. The van der Waals surface area contributed by atoms with Crippen LogP contribution in [0.1, 0.15) is 19.0 Å². The summed E-state index contributed by atoms with van der Waals surface area (Å²) in [5, 5.41) is 8.88. The van der Waals surface area contributed by atoms with Crippen molar-refractivity contribution in [1.29, 1.82) is 5.26 Å². The first-order valence-corrected chi connectivity index (χ1v) is 5.69. The van der Waals surface area contributed by atoms with Crippen LogP contribution in [0.3, 0.4) is 0 Å². The number of ether oxygens (including phenoxy) is 1. The summed E-state index contributed by atoms with van der Waals surface area (Å²) < 4.78 is 5.30. The van der Waals surface area contributed by atoms with E-state index in [-0.39, 0.29) is 0 Å². The van der Waals surface area contributed by atoms with Gasteiger partial charge in [-0.25, -0.2) is 9.98 Å². The van der Waals surface area contributed by atoms with Crippen LogP contribution >= 0.6 is 0 Å². The van der Waals surface area contributed by atoms with Crippen molar-refractivity contribution in [2.75, 3.05) is 26.3 Å². The van der Waals surface area contributed by atoms with Gasteiger partial charge in [0.2, 0.25) is 0 Å².